The number of thiophene rings is 1. The van der Waals surface area contributed by atoms with Gasteiger partial charge in [-0.1, -0.05) is 130 Å². The van der Waals surface area contributed by atoms with Crippen LogP contribution in [0.2, 0.25) is 0 Å². The third kappa shape index (κ3) is 4.37. The van der Waals surface area contributed by atoms with Gasteiger partial charge < -0.3 is 14.1 Å². The number of hydrogen-bond acceptors (Lipinski definition) is 5. The molecule has 0 saturated heterocycles. The van der Waals surface area contributed by atoms with E-state index in [9.17, 15) is 0 Å². The molecule has 0 amide bonds. The van der Waals surface area contributed by atoms with Crippen LogP contribution in [0, 0.1) is 0 Å². The van der Waals surface area contributed by atoms with Gasteiger partial charge >= 0.3 is 6.85 Å². The van der Waals surface area contributed by atoms with E-state index in [2.05, 4.69) is 188 Å². The molecule has 0 atom stereocenters. The Bertz CT molecular complexity index is 3390. The maximum Gasteiger partial charge on any atom is 0.333 e. The number of anilines is 5. The summed E-state index contributed by atoms with van der Waals surface area (Å²) in [6, 6.07) is 58.7. The number of fused-ring (bicyclic) bond motifs is 14. The summed E-state index contributed by atoms with van der Waals surface area (Å²) in [5.74, 6) is 0. The average molecular weight is 779 g/mol. The molecule has 0 bridgehead atoms. The Balaban J connectivity index is 1.26. The third-order valence-corrected chi connectivity index (χ3v) is 14.9. The summed E-state index contributed by atoms with van der Waals surface area (Å²) in [4.78, 5) is 7.85. The van der Waals surface area contributed by atoms with Crippen molar-refractivity contribution in [2.75, 3.05) is 9.71 Å². The molecule has 0 unspecified atom stereocenters. The summed E-state index contributed by atoms with van der Waals surface area (Å²) in [7, 11) is 0. The second kappa shape index (κ2) is 11.7. The minimum atomic E-state index is -0.125. The Morgan fingerprint density at radius 1 is 0.552 bits per heavy atom. The summed E-state index contributed by atoms with van der Waals surface area (Å²) in [5.41, 5.74) is 16.9. The molecule has 8 aromatic carbocycles. The van der Waals surface area contributed by atoms with Gasteiger partial charge in [0.2, 0.25) is 0 Å². The summed E-state index contributed by atoms with van der Waals surface area (Å²) < 4.78 is 9.41. The lowest BCUT2D eigenvalue weighted by Gasteiger charge is -2.48. The van der Waals surface area contributed by atoms with Gasteiger partial charge in [-0.3, -0.25) is 0 Å². The first-order valence-corrected chi connectivity index (χ1v) is 21.7. The first-order chi connectivity index (χ1) is 28.4. The summed E-state index contributed by atoms with van der Waals surface area (Å²) >= 11 is 3.82. The summed E-state index contributed by atoms with van der Waals surface area (Å²) in [5, 5.41) is 4.94. The molecule has 5 heterocycles. The van der Waals surface area contributed by atoms with Crippen LogP contribution in [-0.4, -0.2) is 6.85 Å². The van der Waals surface area contributed by atoms with Gasteiger partial charge in [0.05, 0.1) is 11.4 Å². The van der Waals surface area contributed by atoms with Gasteiger partial charge in [0.25, 0.3) is 0 Å². The fourth-order valence-electron chi connectivity index (χ4n) is 10.0. The van der Waals surface area contributed by atoms with E-state index in [4.69, 9.17) is 4.42 Å². The zero-order valence-electron chi connectivity index (χ0n) is 32.2. The van der Waals surface area contributed by atoms with Crippen molar-refractivity contribution in [3.8, 4) is 22.3 Å². The van der Waals surface area contributed by atoms with E-state index in [-0.39, 0.29) is 12.3 Å². The van der Waals surface area contributed by atoms with Crippen LogP contribution < -0.4 is 20.6 Å². The number of rotatable bonds is 2. The molecule has 274 valence electrons. The van der Waals surface area contributed by atoms with E-state index < -0.39 is 0 Å². The molecule has 6 heteroatoms. The lowest BCUT2D eigenvalue weighted by Crippen LogP contribution is -2.62. The van der Waals surface area contributed by atoms with Gasteiger partial charge in [0.1, 0.15) is 11.2 Å². The SMILES string of the molecule is CC(C)(C)c1ccc(N2c3cc4c(sc5ccccc54)c4c3B(c3c2ccc2oc5ccccc5c32)N2c3ccccc3Sc3cccc-4c32)c(-c2ccccc2)c1. The van der Waals surface area contributed by atoms with Crippen LogP contribution in [0.1, 0.15) is 26.3 Å². The average Bonchev–Trinajstić information content (AvgIpc) is 3.82. The molecule has 0 aliphatic carbocycles. The van der Waals surface area contributed by atoms with Gasteiger partial charge in [0, 0.05) is 74.5 Å². The van der Waals surface area contributed by atoms with Crippen molar-refractivity contribution >= 4 is 111 Å². The Morgan fingerprint density at radius 3 is 2.19 bits per heavy atom. The van der Waals surface area contributed by atoms with Crippen LogP contribution in [0.15, 0.2) is 172 Å². The van der Waals surface area contributed by atoms with Crippen molar-refractivity contribution in [2.24, 2.45) is 0 Å². The van der Waals surface area contributed by atoms with Gasteiger partial charge in [-0.2, -0.15) is 0 Å². The molecule has 10 aromatic rings. The quantitative estimate of drug-likeness (QED) is 0.163. The lowest BCUT2D eigenvalue weighted by molar-refractivity contribution is 0.590. The van der Waals surface area contributed by atoms with E-state index in [0.29, 0.717) is 0 Å². The number of hydrogen-bond donors (Lipinski definition) is 0. The Hall–Kier alpha value is -6.21. The standard InChI is InChI=1S/C52H35BN2OS2/c1-52(2,3)31-24-25-37(35(28-31)30-14-5-4-6-15-30)54-39-26-27-42-46(33-17-7-10-20-41(33)56-42)48(39)53-49-40(54)29-36-32-16-8-11-21-43(32)58-51(36)47(49)34-18-13-23-45-50(34)55(53)38-19-9-12-22-44(38)57-45/h4-29H,1-3H3. The summed E-state index contributed by atoms with van der Waals surface area (Å²) in [6.07, 6.45) is 0. The number of benzene rings is 8. The highest BCUT2D eigenvalue weighted by molar-refractivity contribution is 7.99. The molecule has 13 rings (SSSR count). The molecule has 0 N–H and O–H groups in total. The number of nitrogens with zero attached hydrogens (tertiary/aromatic N) is 2. The molecule has 0 radical (unpaired) electrons. The van der Waals surface area contributed by atoms with Crippen LogP contribution in [0.4, 0.5) is 28.4 Å². The Labute approximate surface area is 345 Å². The lowest BCUT2D eigenvalue weighted by atomic mass is 9.42. The molecular weight excluding hydrogens is 744 g/mol. The summed E-state index contributed by atoms with van der Waals surface area (Å²) in [6.45, 7) is 6.81. The highest BCUT2D eigenvalue weighted by atomic mass is 32.2. The van der Waals surface area contributed by atoms with E-state index in [1.807, 2.05) is 23.1 Å². The van der Waals surface area contributed by atoms with Crippen molar-refractivity contribution < 1.29 is 4.42 Å². The van der Waals surface area contributed by atoms with Crippen LogP contribution in [-0.2, 0) is 5.41 Å². The Morgan fingerprint density at radius 2 is 1.31 bits per heavy atom. The highest BCUT2D eigenvalue weighted by Crippen LogP contribution is 2.58. The van der Waals surface area contributed by atoms with Crippen molar-refractivity contribution in [1.82, 2.24) is 0 Å². The molecule has 58 heavy (non-hydrogen) atoms. The van der Waals surface area contributed by atoms with E-state index >= 15 is 0 Å². The minimum Gasteiger partial charge on any atom is -0.456 e. The predicted octanol–water partition coefficient (Wildman–Crippen LogP) is 14.1. The smallest absolute Gasteiger partial charge is 0.333 e. The number of para-hydroxylation sites is 3. The third-order valence-electron chi connectivity index (χ3n) is 12.6. The molecule has 3 nitrogen and oxygen atoms in total. The normalized spacial score (nSPS) is 13.9. The molecule has 0 spiro atoms. The minimum absolute atomic E-state index is 0.0242. The molecule has 0 saturated carbocycles. The van der Waals surface area contributed by atoms with Crippen molar-refractivity contribution in [3.63, 3.8) is 0 Å². The highest BCUT2D eigenvalue weighted by Gasteiger charge is 2.49. The first kappa shape index (κ1) is 32.8. The second-order valence-corrected chi connectivity index (χ2v) is 18.9. The fraction of sp³-hybridized carbons (Fsp3) is 0.0769. The van der Waals surface area contributed by atoms with Gasteiger partial charge in [0.15, 0.2) is 0 Å². The van der Waals surface area contributed by atoms with Gasteiger partial charge in [-0.25, -0.2) is 0 Å². The van der Waals surface area contributed by atoms with Gasteiger partial charge in [-0.05, 0) is 88.1 Å². The van der Waals surface area contributed by atoms with Gasteiger partial charge in [-0.15, -0.1) is 11.3 Å². The fourth-order valence-corrected chi connectivity index (χ4v) is 12.4. The first-order valence-electron chi connectivity index (χ1n) is 20.0. The topological polar surface area (TPSA) is 19.6 Å². The molecule has 3 aliphatic heterocycles. The Kier molecular flexibility index (Phi) is 6.62. The van der Waals surface area contributed by atoms with Crippen LogP contribution in [0.5, 0.6) is 0 Å². The maximum atomic E-state index is 6.75. The van der Waals surface area contributed by atoms with E-state index in [1.165, 1.54) is 103 Å². The van der Waals surface area contributed by atoms with Crippen molar-refractivity contribution in [2.45, 2.75) is 36.0 Å². The van der Waals surface area contributed by atoms with Crippen molar-refractivity contribution in [1.29, 1.82) is 0 Å². The number of furan rings is 1. The van der Waals surface area contributed by atoms with E-state index in [0.717, 1.165) is 16.6 Å². The molecule has 3 aliphatic rings. The van der Waals surface area contributed by atoms with Crippen LogP contribution in [0.3, 0.4) is 0 Å². The second-order valence-electron chi connectivity index (χ2n) is 16.8. The largest absolute Gasteiger partial charge is 0.456 e. The molecule has 0 fully saturated rings. The zero-order chi connectivity index (χ0) is 38.4. The van der Waals surface area contributed by atoms with Crippen molar-refractivity contribution in [3.05, 3.63) is 163 Å². The molecular formula is C52H35BN2OS2. The zero-order valence-corrected chi connectivity index (χ0v) is 33.8. The monoisotopic (exact) mass is 778 g/mol. The van der Waals surface area contributed by atoms with Crippen LogP contribution in [0.25, 0.3) is 64.4 Å². The van der Waals surface area contributed by atoms with E-state index in [1.54, 1.807) is 0 Å². The predicted molar refractivity (Wildman–Crippen MR) is 249 cm³/mol. The molecule has 2 aromatic heterocycles. The van der Waals surface area contributed by atoms with Crippen LogP contribution >= 0.6 is 23.1 Å². The maximum absolute atomic E-state index is 6.75.